The van der Waals surface area contributed by atoms with Crippen molar-refractivity contribution in [3.05, 3.63) is 111 Å². The van der Waals surface area contributed by atoms with E-state index in [0.717, 1.165) is 22.4 Å². The monoisotopic (exact) mass is 468 g/mol. The molecule has 5 rings (SSSR count). The van der Waals surface area contributed by atoms with E-state index in [0.29, 0.717) is 29.6 Å². The van der Waals surface area contributed by atoms with E-state index in [-0.39, 0.29) is 5.69 Å². The predicted molar refractivity (Wildman–Crippen MR) is 129 cm³/mol. The van der Waals surface area contributed by atoms with E-state index < -0.39 is 10.9 Å². The number of hydrazone groups is 1. The van der Waals surface area contributed by atoms with E-state index in [4.69, 9.17) is 9.84 Å². The van der Waals surface area contributed by atoms with Gasteiger partial charge in [-0.25, -0.2) is 9.80 Å². The standard InChI is InChI=1S/C25H20N6O4/c1-16-26-27-25-29(15-17-7-13-20(14-8-17)31(33)34)28-23(21-5-3-4-6-22(21)30(16)25)18-9-11-19(12-10-18)24(32)35-2/h3-14H,15H2,1-2H3. The molecule has 0 fully saturated rings. The Balaban J connectivity index is 1.64. The summed E-state index contributed by atoms with van der Waals surface area (Å²) < 4.78 is 6.74. The zero-order chi connectivity index (χ0) is 24.5. The third-order valence-electron chi connectivity index (χ3n) is 5.72. The maximum Gasteiger partial charge on any atom is 0.337 e. The number of carbonyl (C=O) groups excluding carboxylic acids is 1. The van der Waals surface area contributed by atoms with E-state index in [2.05, 4.69) is 10.2 Å². The molecule has 174 valence electrons. The van der Waals surface area contributed by atoms with E-state index in [1.165, 1.54) is 19.2 Å². The predicted octanol–water partition coefficient (Wildman–Crippen LogP) is 4.04. The minimum Gasteiger partial charge on any atom is -0.465 e. The summed E-state index contributed by atoms with van der Waals surface area (Å²) >= 11 is 0. The second-order valence-corrected chi connectivity index (χ2v) is 7.90. The van der Waals surface area contributed by atoms with Gasteiger partial charge in [-0.05, 0) is 30.7 Å². The lowest BCUT2D eigenvalue weighted by atomic mass is 9.99. The molecule has 4 aromatic rings. The number of carbonyl (C=O) groups is 1. The number of hydrogen-bond donors (Lipinski definition) is 0. The Morgan fingerprint density at radius 1 is 1.00 bits per heavy atom. The number of para-hydroxylation sites is 1. The highest BCUT2D eigenvalue weighted by Gasteiger charge is 2.26. The lowest BCUT2D eigenvalue weighted by Gasteiger charge is -2.18. The summed E-state index contributed by atoms with van der Waals surface area (Å²) in [6.07, 6.45) is 0. The van der Waals surface area contributed by atoms with Crippen molar-refractivity contribution < 1.29 is 14.5 Å². The normalized spacial score (nSPS) is 12.3. The Labute approximate surface area is 200 Å². The minimum absolute atomic E-state index is 0.0194. The van der Waals surface area contributed by atoms with Gasteiger partial charge in [0.1, 0.15) is 11.5 Å². The summed E-state index contributed by atoms with van der Waals surface area (Å²) in [5.74, 6) is 0.800. The Morgan fingerprint density at radius 2 is 1.71 bits per heavy atom. The molecule has 10 nitrogen and oxygen atoms in total. The van der Waals surface area contributed by atoms with E-state index in [1.54, 1.807) is 29.3 Å². The Morgan fingerprint density at radius 3 is 2.40 bits per heavy atom. The number of esters is 1. The van der Waals surface area contributed by atoms with Crippen molar-refractivity contribution in [3.8, 4) is 5.69 Å². The molecule has 0 unspecified atom stereocenters. The van der Waals surface area contributed by atoms with Crippen molar-refractivity contribution in [2.75, 3.05) is 12.1 Å². The van der Waals surface area contributed by atoms with Crippen LogP contribution >= 0.6 is 0 Å². The van der Waals surface area contributed by atoms with Gasteiger partial charge in [-0.1, -0.05) is 42.5 Å². The molecule has 0 saturated heterocycles. The SMILES string of the molecule is COC(=O)c1ccc(C2=NN(Cc3ccc([N+](=O)[O-])cc3)c3nnc(C)n3-c3ccccc32)cc1. The number of nitro benzene ring substituents is 1. The molecular formula is C25H20N6O4. The Kier molecular flexibility index (Phi) is 5.54. The topological polar surface area (TPSA) is 116 Å². The van der Waals surface area contributed by atoms with Crippen LogP contribution in [0.3, 0.4) is 0 Å². The summed E-state index contributed by atoms with van der Waals surface area (Å²) in [4.78, 5) is 22.5. The van der Waals surface area contributed by atoms with Crippen LogP contribution in [0.15, 0.2) is 77.9 Å². The number of aromatic nitrogens is 3. The maximum atomic E-state index is 11.9. The molecule has 35 heavy (non-hydrogen) atoms. The van der Waals surface area contributed by atoms with Crippen molar-refractivity contribution in [2.45, 2.75) is 13.5 Å². The van der Waals surface area contributed by atoms with Crippen LogP contribution in [0.1, 0.15) is 32.9 Å². The van der Waals surface area contributed by atoms with Crippen LogP contribution in [0, 0.1) is 17.0 Å². The molecule has 1 aliphatic heterocycles. The lowest BCUT2D eigenvalue weighted by molar-refractivity contribution is -0.384. The molecule has 2 heterocycles. The number of rotatable bonds is 5. The van der Waals surface area contributed by atoms with Crippen molar-refractivity contribution in [1.29, 1.82) is 0 Å². The number of methoxy groups -OCH3 is 1. The molecular weight excluding hydrogens is 448 g/mol. The van der Waals surface area contributed by atoms with Crippen LogP contribution in [-0.4, -0.2) is 38.5 Å². The maximum absolute atomic E-state index is 11.9. The zero-order valence-corrected chi connectivity index (χ0v) is 19.0. The number of nitrogens with zero attached hydrogens (tertiary/aromatic N) is 6. The van der Waals surface area contributed by atoms with Gasteiger partial charge < -0.3 is 4.74 Å². The summed E-state index contributed by atoms with van der Waals surface area (Å²) in [7, 11) is 1.34. The molecule has 0 radical (unpaired) electrons. The number of nitro groups is 1. The fourth-order valence-corrected chi connectivity index (χ4v) is 3.99. The first-order valence-corrected chi connectivity index (χ1v) is 10.8. The lowest BCUT2D eigenvalue weighted by Crippen LogP contribution is -2.20. The first-order chi connectivity index (χ1) is 17.0. The molecule has 0 bridgehead atoms. The fraction of sp³-hybridized carbons (Fsp3) is 0.120. The molecule has 0 atom stereocenters. The van der Waals surface area contributed by atoms with Crippen molar-refractivity contribution in [2.24, 2.45) is 5.10 Å². The average Bonchev–Trinajstić information content (AvgIpc) is 3.21. The van der Waals surface area contributed by atoms with Crippen molar-refractivity contribution in [1.82, 2.24) is 14.8 Å². The van der Waals surface area contributed by atoms with Gasteiger partial charge in [0.15, 0.2) is 0 Å². The minimum atomic E-state index is -0.430. The summed E-state index contributed by atoms with van der Waals surface area (Å²) in [6, 6.07) is 21.2. The molecule has 1 aromatic heterocycles. The quantitative estimate of drug-likeness (QED) is 0.247. The van der Waals surface area contributed by atoms with Crippen LogP contribution in [0.4, 0.5) is 11.6 Å². The van der Waals surface area contributed by atoms with Crippen LogP contribution in [0.5, 0.6) is 0 Å². The highest BCUT2D eigenvalue weighted by molar-refractivity contribution is 6.16. The molecule has 1 aliphatic rings. The Hall–Kier alpha value is -4.86. The van der Waals surface area contributed by atoms with Crippen LogP contribution in [0.2, 0.25) is 0 Å². The molecule has 0 saturated carbocycles. The van der Waals surface area contributed by atoms with Gasteiger partial charge in [0.25, 0.3) is 11.6 Å². The Bertz CT molecular complexity index is 1460. The number of fused-ring (bicyclic) bond motifs is 3. The van der Waals surface area contributed by atoms with Crippen molar-refractivity contribution in [3.63, 3.8) is 0 Å². The van der Waals surface area contributed by atoms with Gasteiger partial charge in [0.05, 0.1) is 29.8 Å². The van der Waals surface area contributed by atoms with Crippen LogP contribution < -0.4 is 5.01 Å². The van der Waals surface area contributed by atoms with Gasteiger partial charge in [-0.3, -0.25) is 14.7 Å². The van der Waals surface area contributed by atoms with Gasteiger partial charge in [-0.15, -0.1) is 10.2 Å². The molecule has 0 N–H and O–H groups in total. The molecule has 3 aromatic carbocycles. The first-order valence-electron chi connectivity index (χ1n) is 10.8. The molecule has 0 amide bonds. The van der Waals surface area contributed by atoms with Crippen LogP contribution in [0.25, 0.3) is 5.69 Å². The first kappa shape index (κ1) is 22.0. The number of anilines is 1. The summed E-state index contributed by atoms with van der Waals surface area (Å²) in [6.45, 7) is 2.18. The molecule has 0 spiro atoms. The summed E-state index contributed by atoms with van der Waals surface area (Å²) in [5, 5.41) is 26.4. The molecule has 0 aliphatic carbocycles. The van der Waals surface area contributed by atoms with Gasteiger partial charge in [-0.2, -0.15) is 5.10 Å². The summed E-state index contributed by atoms with van der Waals surface area (Å²) in [5.41, 5.74) is 4.50. The largest absolute Gasteiger partial charge is 0.465 e. The fourth-order valence-electron chi connectivity index (χ4n) is 3.99. The number of hydrogen-bond acceptors (Lipinski definition) is 8. The second kappa shape index (κ2) is 8.82. The number of aryl methyl sites for hydroxylation is 1. The molecule has 10 heteroatoms. The van der Waals surface area contributed by atoms with E-state index in [9.17, 15) is 14.9 Å². The third kappa shape index (κ3) is 4.01. The van der Waals surface area contributed by atoms with E-state index >= 15 is 0 Å². The van der Waals surface area contributed by atoms with Gasteiger partial charge in [0.2, 0.25) is 0 Å². The third-order valence-corrected chi connectivity index (χ3v) is 5.72. The van der Waals surface area contributed by atoms with Gasteiger partial charge in [0, 0.05) is 23.3 Å². The van der Waals surface area contributed by atoms with E-state index in [1.807, 2.05) is 47.9 Å². The number of benzene rings is 3. The zero-order valence-electron chi connectivity index (χ0n) is 19.0. The van der Waals surface area contributed by atoms with Crippen molar-refractivity contribution >= 4 is 23.3 Å². The second-order valence-electron chi connectivity index (χ2n) is 7.90. The highest BCUT2D eigenvalue weighted by Crippen LogP contribution is 2.30. The van der Waals surface area contributed by atoms with Crippen LogP contribution in [-0.2, 0) is 11.3 Å². The number of non-ortho nitro benzene ring substituents is 1. The smallest absolute Gasteiger partial charge is 0.337 e. The van der Waals surface area contributed by atoms with Gasteiger partial charge >= 0.3 is 5.97 Å². The highest BCUT2D eigenvalue weighted by atomic mass is 16.6. The average molecular weight is 468 g/mol. The number of ether oxygens (including phenoxy) is 1.